The van der Waals surface area contributed by atoms with Crippen LogP contribution in [0.15, 0.2) is 59.1 Å². The molecule has 0 aliphatic heterocycles. The minimum Gasteiger partial charge on any atom is -0.352 e. The molecule has 20 heavy (non-hydrogen) atoms. The van der Waals surface area contributed by atoms with Gasteiger partial charge in [-0.1, -0.05) is 58.4 Å². The van der Waals surface area contributed by atoms with Gasteiger partial charge in [0.05, 0.1) is 0 Å². The minimum atomic E-state index is 0.115. The summed E-state index contributed by atoms with van der Waals surface area (Å²) >= 11 is 3.39. The van der Waals surface area contributed by atoms with Crippen molar-refractivity contribution < 1.29 is 4.79 Å². The van der Waals surface area contributed by atoms with Gasteiger partial charge < -0.3 is 5.32 Å². The smallest absolute Gasteiger partial charge is 0.220 e. The lowest BCUT2D eigenvalue weighted by atomic mass is 10.1. The minimum absolute atomic E-state index is 0.115. The summed E-state index contributed by atoms with van der Waals surface area (Å²) in [4.78, 5) is 11.8. The highest BCUT2D eigenvalue weighted by molar-refractivity contribution is 9.10. The van der Waals surface area contributed by atoms with Crippen LogP contribution in [-0.4, -0.2) is 5.91 Å². The Kier molecular flexibility index (Phi) is 5.81. The van der Waals surface area contributed by atoms with Crippen molar-refractivity contribution in [3.63, 3.8) is 0 Å². The second-order valence-corrected chi connectivity index (χ2v) is 5.66. The normalized spacial score (nSPS) is 10.2. The van der Waals surface area contributed by atoms with E-state index in [2.05, 4.69) is 33.4 Å². The van der Waals surface area contributed by atoms with E-state index in [-0.39, 0.29) is 5.91 Å². The molecule has 104 valence electrons. The van der Waals surface area contributed by atoms with E-state index in [1.165, 1.54) is 5.56 Å². The van der Waals surface area contributed by atoms with Gasteiger partial charge >= 0.3 is 0 Å². The first-order valence-corrected chi connectivity index (χ1v) is 7.58. The molecular weight excluding hydrogens is 314 g/mol. The molecule has 2 nitrogen and oxygen atoms in total. The van der Waals surface area contributed by atoms with Gasteiger partial charge in [0.15, 0.2) is 0 Å². The third kappa shape index (κ3) is 5.17. The predicted octanol–water partition coefficient (Wildman–Crippen LogP) is 4.09. The van der Waals surface area contributed by atoms with Gasteiger partial charge in [-0.3, -0.25) is 4.79 Å². The van der Waals surface area contributed by atoms with E-state index in [1.807, 2.05) is 42.5 Å². The Morgan fingerprint density at radius 2 is 1.65 bits per heavy atom. The van der Waals surface area contributed by atoms with Crippen molar-refractivity contribution in [3.8, 4) is 0 Å². The van der Waals surface area contributed by atoms with Crippen LogP contribution in [0.5, 0.6) is 0 Å². The van der Waals surface area contributed by atoms with E-state index in [4.69, 9.17) is 0 Å². The standard InChI is InChI=1S/C17H18BrNO/c18-16-11-9-15(10-12-16)13-19-17(20)8-4-7-14-5-2-1-3-6-14/h1-3,5-6,9-12H,4,7-8,13H2,(H,19,20). The van der Waals surface area contributed by atoms with E-state index < -0.39 is 0 Å². The third-order valence-electron chi connectivity index (χ3n) is 3.12. The van der Waals surface area contributed by atoms with Crippen molar-refractivity contribution in [3.05, 3.63) is 70.2 Å². The largest absolute Gasteiger partial charge is 0.352 e. The molecule has 0 saturated heterocycles. The Morgan fingerprint density at radius 1 is 0.950 bits per heavy atom. The highest BCUT2D eigenvalue weighted by Crippen LogP contribution is 2.10. The van der Waals surface area contributed by atoms with Crippen molar-refractivity contribution in [1.29, 1.82) is 0 Å². The van der Waals surface area contributed by atoms with Crippen LogP contribution in [0.4, 0.5) is 0 Å². The zero-order valence-electron chi connectivity index (χ0n) is 11.3. The van der Waals surface area contributed by atoms with Gasteiger partial charge in [-0.2, -0.15) is 0 Å². The Labute approximate surface area is 128 Å². The topological polar surface area (TPSA) is 29.1 Å². The van der Waals surface area contributed by atoms with Crippen molar-refractivity contribution in [2.75, 3.05) is 0 Å². The van der Waals surface area contributed by atoms with E-state index >= 15 is 0 Å². The summed E-state index contributed by atoms with van der Waals surface area (Å²) < 4.78 is 1.05. The van der Waals surface area contributed by atoms with Crippen LogP contribution in [0.1, 0.15) is 24.0 Å². The van der Waals surface area contributed by atoms with Crippen LogP contribution in [0.25, 0.3) is 0 Å². The molecule has 0 aliphatic rings. The fraction of sp³-hybridized carbons (Fsp3) is 0.235. The van der Waals surface area contributed by atoms with E-state index in [1.54, 1.807) is 0 Å². The molecule has 0 unspecified atom stereocenters. The van der Waals surface area contributed by atoms with Crippen LogP contribution in [-0.2, 0) is 17.8 Å². The lowest BCUT2D eigenvalue weighted by molar-refractivity contribution is -0.121. The predicted molar refractivity (Wildman–Crippen MR) is 85.4 cm³/mol. The van der Waals surface area contributed by atoms with Crippen LogP contribution in [0, 0.1) is 0 Å². The molecule has 1 N–H and O–H groups in total. The number of carbonyl (C=O) groups excluding carboxylic acids is 1. The molecule has 0 aliphatic carbocycles. The summed E-state index contributed by atoms with van der Waals surface area (Å²) in [5, 5.41) is 2.95. The molecule has 0 fully saturated rings. The van der Waals surface area contributed by atoms with E-state index in [0.29, 0.717) is 13.0 Å². The number of halogens is 1. The average molecular weight is 332 g/mol. The van der Waals surface area contributed by atoms with E-state index in [9.17, 15) is 4.79 Å². The number of aryl methyl sites for hydroxylation is 1. The van der Waals surface area contributed by atoms with Gasteiger partial charge in [0, 0.05) is 17.4 Å². The fourth-order valence-electron chi connectivity index (χ4n) is 1.99. The maximum atomic E-state index is 11.8. The van der Waals surface area contributed by atoms with Crippen LogP contribution in [0.2, 0.25) is 0 Å². The lowest BCUT2D eigenvalue weighted by Gasteiger charge is -2.06. The number of hydrogen-bond donors (Lipinski definition) is 1. The maximum absolute atomic E-state index is 11.8. The number of nitrogens with one attached hydrogen (secondary N) is 1. The van der Waals surface area contributed by atoms with Crippen molar-refractivity contribution in [1.82, 2.24) is 5.32 Å². The molecule has 1 amide bonds. The first-order valence-electron chi connectivity index (χ1n) is 6.79. The number of carbonyl (C=O) groups is 1. The van der Waals surface area contributed by atoms with Gasteiger partial charge in [0.2, 0.25) is 5.91 Å². The number of benzene rings is 2. The Hall–Kier alpha value is -1.61. The van der Waals surface area contributed by atoms with Crippen molar-refractivity contribution in [2.24, 2.45) is 0 Å². The van der Waals surface area contributed by atoms with Crippen molar-refractivity contribution in [2.45, 2.75) is 25.8 Å². The fourth-order valence-corrected chi connectivity index (χ4v) is 2.25. The van der Waals surface area contributed by atoms with Gasteiger partial charge in [-0.15, -0.1) is 0 Å². The maximum Gasteiger partial charge on any atom is 0.220 e. The Balaban J connectivity index is 1.67. The number of hydrogen-bond acceptors (Lipinski definition) is 1. The molecule has 3 heteroatoms. The SMILES string of the molecule is O=C(CCCc1ccccc1)NCc1ccc(Br)cc1. The molecule has 0 saturated carbocycles. The molecule has 2 rings (SSSR count). The number of amides is 1. The monoisotopic (exact) mass is 331 g/mol. The summed E-state index contributed by atoms with van der Waals surface area (Å²) in [6.45, 7) is 0.595. The zero-order valence-corrected chi connectivity index (χ0v) is 12.9. The third-order valence-corrected chi connectivity index (χ3v) is 3.64. The number of rotatable bonds is 6. The van der Waals surface area contributed by atoms with Crippen LogP contribution >= 0.6 is 15.9 Å². The Morgan fingerprint density at radius 3 is 2.35 bits per heavy atom. The first-order chi connectivity index (χ1) is 9.74. The van der Waals surface area contributed by atoms with Gasteiger partial charge in [0.25, 0.3) is 0 Å². The summed E-state index contributed by atoms with van der Waals surface area (Å²) in [5.74, 6) is 0.115. The van der Waals surface area contributed by atoms with Crippen LogP contribution in [0.3, 0.4) is 0 Å². The van der Waals surface area contributed by atoms with Gasteiger partial charge in [-0.05, 0) is 36.1 Å². The van der Waals surface area contributed by atoms with Crippen molar-refractivity contribution >= 4 is 21.8 Å². The molecule has 0 bridgehead atoms. The molecular formula is C17H18BrNO. The molecule has 2 aromatic carbocycles. The van der Waals surface area contributed by atoms with Gasteiger partial charge in [-0.25, -0.2) is 0 Å². The molecule has 0 heterocycles. The highest BCUT2D eigenvalue weighted by Gasteiger charge is 2.02. The zero-order chi connectivity index (χ0) is 14.2. The van der Waals surface area contributed by atoms with E-state index in [0.717, 1.165) is 22.9 Å². The van der Waals surface area contributed by atoms with Crippen LogP contribution < -0.4 is 5.32 Å². The highest BCUT2D eigenvalue weighted by atomic mass is 79.9. The van der Waals surface area contributed by atoms with Gasteiger partial charge in [0.1, 0.15) is 0 Å². The average Bonchev–Trinajstić information content (AvgIpc) is 2.48. The Bertz CT molecular complexity index is 537. The molecule has 0 radical (unpaired) electrons. The summed E-state index contributed by atoms with van der Waals surface area (Å²) in [6.07, 6.45) is 2.41. The second kappa shape index (κ2) is 7.85. The summed E-state index contributed by atoms with van der Waals surface area (Å²) in [7, 11) is 0. The quantitative estimate of drug-likeness (QED) is 0.848. The first kappa shape index (κ1) is 14.8. The lowest BCUT2D eigenvalue weighted by Crippen LogP contribution is -2.22. The summed E-state index contributed by atoms with van der Waals surface area (Å²) in [5.41, 5.74) is 2.40. The second-order valence-electron chi connectivity index (χ2n) is 4.74. The molecule has 0 atom stereocenters. The molecule has 0 aromatic heterocycles. The molecule has 2 aromatic rings. The molecule has 0 spiro atoms. The summed E-state index contributed by atoms with van der Waals surface area (Å²) in [6, 6.07) is 18.2.